The van der Waals surface area contributed by atoms with Crippen LogP contribution in [-0.2, 0) is 5.41 Å². The lowest BCUT2D eigenvalue weighted by molar-refractivity contribution is 0.151. The Morgan fingerprint density at radius 3 is 2.38 bits per heavy atom. The average molecular weight is 227 g/mol. The molecular formula is C12H15F2NO. The van der Waals surface area contributed by atoms with Crippen molar-refractivity contribution < 1.29 is 13.9 Å². The van der Waals surface area contributed by atoms with Crippen molar-refractivity contribution in [1.82, 2.24) is 0 Å². The molecule has 4 heteroatoms. The van der Waals surface area contributed by atoms with Gasteiger partial charge in [0, 0.05) is 22.6 Å². The van der Waals surface area contributed by atoms with E-state index in [2.05, 4.69) is 0 Å². The Bertz CT molecular complexity index is 400. The summed E-state index contributed by atoms with van der Waals surface area (Å²) in [7, 11) is 0. The predicted octanol–water partition coefficient (Wildman–Crippen LogP) is 2.71. The molecule has 88 valence electrons. The Hall–Kier alpha value is -1.16. The number of halogens is 2. The Kier molecular flexibility index (Phi) is 2.62. The van der Waals surface area contributed by atoms with E-state index >= 15 is 0 Å². The molecule has 2 nitrogen and oxygen atoms in total. The molecule has 1 saturated carbocycles. The molecule has 1 atom stereocenters. The first kappa shape index (κ1) is 11.3. The second-order valence-corrected chi connectivity index (χ2v) is 4.52. The molecule has 1 aromatic rings. The van der Waals surface area contributed by atoms with E-state index in [9.17, 15) is 13.9 Å². The lowest BCUT2D eigenvalue weighted by Crippen LogP contribution is -2.31. The van der Waals surface area contributed by atoms with Gasteiger partial charge < -0.3 is 10.8 Å². The van der Waals surface area contributed by atoms with E-state index in [1.165, 1.54) is 6.07 Å². The maximum atomic E-state index is 12.4. The molecule has 0 bridgehead atoms. The van der Waals surface area contributed by atoms with Crippen molar-refractivity contribution in [3.8, 4) is 5.75 Å². The first-order valence-electron chi connectivity index (χ1n) is 5.34. The Balaban J connectivity index is 2.37. The van der Waals surface area contributed by atoms with Crippen molar-refractivity contribution >= 4 is 0 Å². The fourth-order valence-corrected chi connectivity index (χ4v) is 2.21. The summed E-state index contributed by atoms with van der Waals surface area (Å²) in [5, 5.41) is 9.78. The molecule has 1 aliphatic carbocycles. The van der Waals surface area contributed by atoms with Gasteiger partial charge in [-0.1, -0.05) is 12.1 Å². The fraction of sp³-hybridized carbons (Fsp3) is 0.500. The molecule has 1 unspecified atom stereocenters. The second-order valence-electron chi connectivity index (χ2n) is 4.52. The Morgan fingerprint density at radius 1 is 1.38 bits per heavy atom. The van der Waals surface area contributed by atoms with Gasteiger partial charge >= 0.3 is 0 Å². The van der Waals surface area contributed by atoms with Crippen LogP contribution < -0.4 is 5.73 Å². The molecule has 0 radical (unpaired) electrons. The van der Waals surface area contributed by atoms with Gasteiger partial charge in [0.25, 0.3) is 6.43 Å². The number of benzene rings is 1. The van der Waals surface area contributed by atoms with E-state index < -0.39 is 6.43 Å². The third-order valence-electron chi connectivity index (χ3n) is 3.47. The molecule has 0 amide bonds. The lowest BCUT2D eigenvalue weighted by Gasteiger charge is -2.21. The van der Waals surface area contributed by atoms with Crippen LogP contribution in [0.4, 0.5) is 8.78 Å². The molecule has 0 saturated heterocycles. The molecule has 3 N–H and O–H groups in total. The van der Waals surface area contributed by atoms with Gasteiger partial charge in [-0.15, -0.1) is 0 Å². The summed E-state index contributed by atoms with van der Waals surface area (Å²) in [4.78, 5) is 0. The molecule has 0 aromatic heterocycles. The van der Waals surface area contributed by atoms with E-state index in [1.54, 1.807) is 6.07 Å². The predicted molar refractivity (Wildman–Crippen MR) is 57.6 cm³/mol. The first-order valence-corrected chi connectivity index (χ1v) is 5.34. The number of nitrogens with two attached hydrogens (primary N) is 1. The zero-order valence-electron chi connectivity index (χ0n) is 9.08. The van der Waals surface area contributed by atoms with Crippen LogP contribution in [0.15, 0.2) is 18.2 Å². The van der Waals surface area contributed by atoms with E-state index in [-0.39, 0.29) is 22.8 Å². The third-order valence-corrected chi connectivity index (χ3v) is 3.47. The van der Waals surface area contributed by atoms with Crippen molar-refractivity contribution in [2.75, 3.05) is 0 Å². The molecule has 16 heavy (non-hydrogen) atoms. The van der Waals surface area contributed by atoms with Crippen molar-refractivity contribution in [3.05, 3.63) is 29.3 Å². The molecule has 2 rings (SSSR count). The van der Waals surface area contributed by atoms with Crippen LogP contribution in [0.2, 0.25) is 0 Å². The standard InChI is InChI=1S/C12H15F2NO/c1-7(15)12(4-5-12)9-3-2-8(11(13)14)6-10(9)16/h2-3,6-7,11,16H,4-5,15H2,1H3. The highest BCUT2D eigenvalue weighted by Gasteiger charge is 2.48. The maximum absolute atomic E-state index is 12.4. The zero-order chi connectivity index (χ0) is 11.9. The van der Waals surface area contributed by atoms with Gasteiger partial charge in [0.1, 0.15) is 5.75 Å². The smallest absolute Gasteiger partial charge is 0.263 e. The maximum Gasteiger partial charge on any atom is 0.263 e. The fourth-order valence-electron chi connectivity index (χ4n) is 2.21. The summed E-state index contributed by atoms with van der Waals surface area (Å²) in [5.41, 5.74) is 6.22. The molecule has 0 heterocycles. The van der Waals surface area contributed by atoms with Crippen molar-refractivity contribution in [1.29, 1.82) is 0 Å². The van der Waals surface area contributed by atoms with Crippen LogP contribution in [0, 0.1) is 0 Å². The summed E-state index contributed by atoms with van der Waals surface area (Å²) in [6, 6.07) is 4.01. The SMILES string of the molecule is CC(N)C1(c2ccc(C(F)F)cc2O)CC1. The number of hydrogen-bond acceptors (Lipinski definition) is 2. The van der Waals surface area contributed by atoms with Gasteiger partial charge in [-0.25, -0.2) is 8.78 Å². The molecule has 0 aliphatic heterocycles. The number of phenols is 1. The van der Waals surface area contributed by atoms with Crippen LogP contribution in [0.25, 0.3) is 0 Å². The van der Waals surface area contributed by atoms with Crippen LogP contribution in [0.5, 0.6) is 5.75 Å². The van der Waals surface area contributed by atoms with Gasteiger partial charge in [-0.2, -0.15) is 0 Å². The summed E-state index contributed by atoms with van der Waals surface area (Å²) in [6.45, 7) is 1.88. The highest BCUT2D eigenvalue weighted by molar-refractivity contribution is 5.46. The quantitative estimate of drug-likeness (QED) is 0.834. The summed E-state index contributed by atoms with van der Waals surface area (Å²) in [5.74, 6) is -0.0624. The normalized spacial score (nSPS) is 19.8. The topological polar surface area (TPSA) is 46.2 Å². The van der Waals surface area contributed by atoms with E-state index in [0.29, 0.717) is 5.56 Å². The molecule has 0 spiro atoms. The number of aromatic hydroxyl groups is 1. The minimum atomic E-state index is -2.55. The minimum Gasteiger partial charge on any atom is -0.508 e. The van der Waals surface area contributed by atoms with Crippen molar-refractivity contribution in [2.45, 2.75) is 37.6 Å². The highest BCUT2D eigenvalue weighted by atomic mass is 19.3. The number of alkyl halides is 2. The molecule has 1 fully saturated rings. The number of hydrogen-bond donors (Lipinski definition) is 2. The largest absolute Gasteiger partial charge is 0.508 e. The Labute approximate surface area is 93.1 Å². The van der Waals surface area contributed by atoms with E-state index in [4.69, 9.17) is 5.73 Å². The summed E-state index contributed by atoms with van der Waals surface area (Å²) < 4.78 is 24.8. The van der Waals surface area contributed by atoms with Crippen molar-refractivity contribution in [3.63, 3.8) is 0 Å². The zero-order valence-corrected chi connectivity index (χ0v) is 9.08. The first-order chi connectivity index (χ1) is 7.47. The van der Waals surface area contributed by atoms with Gasteiger partial charge in [-0.3, -0.25) is 0 Å². The van der Waals surface area contributed by atoms with Gasteiger partial charge in [0.05, 0.1) is 0 Å². The van der Waals surface area contributed by atoms with Gasteiger partial charge in [0.2, 0.25) is 0 Å². The lowest BCUT2D eigenvalue weighted by atomic mass is 9.88. The second kappa shape index (κ2) is 3.70. The van der Waals surface area contributed by atoms with E-state index in [0.717, 1.165) is 18.9 Å². The van der Waals surface area contributed by atoms with Crippen LogP contribution >= 0.6 is 0 Å². The van der Waals surface area contributed by atoms with Crippen LogP contribution in [0.1, 0.15) is 37.3 Å². The highest BCUT2D eigenvalue weighted by Crippen LogP contribution is 2.53. The summed E-state index contributed by atoms with van der Waals surface area (Å²) >= 11 is 0. The minimum absolute atomic E-state index is 0.0624. The van der Waals surface area contributed by atoms with Gasteiger partial charge in [0.15, 0.2) is 0 Å². The third kappa shape index (κ3) is 1.67. The van der Waals surface area contributed by atoms with Crippen molar-refractivity contribution in [2.24, 2.45) is 5.73 Å². The van der Waals surface area contributed by atoms with E-state index in [1.807, 2.05) is 6.92 Å². The number of rotatable bonds is 3. The molecular weight excluding hydrogens is 212 g/mol. The molecule has 1 aliphatic rings. The summed E-state index contributed by atoms with van der Waals surface area (Å²) in [6.07, 6.45) is -0.733. The monoisotopic (exact) mass is 227 g/mol. The average Bonchev–Trinajstić information content (AvgIpc) is 2.98. The van der Waals surface area contributed by atoms with Crippen LogP contribution in [-0.4, -0.2) is 11.1 Å². The Morgan fingerprint density at radius 2 is 2.00 bits per heavy atom. The van der Waals surface area contributed by atoms with Gasteiger partial charge in [-0.05, 0) is 25.8 Å². The van der Waals surface area contributed by atoms with Crippen LogP contribution in [0.3, 0.4) is 0 Å². The number of phenolic OH excluding ortho intramolecular Hbond substituents is 1. The molecule has 1 aromatic carbocycles.